The van der Waals surface area contributed by atoms with E-state index in [0.29, 0.717) is 0 Å². The van der Waals surface area contributed by atoms with Gasteiger partial charge in [0.2, 0.25) is 0 Å². The third-order valence-electron chi connectivity index (χ3n) is 4.34. The van der Waals surface area contributed by atoms with Gasteiger partial charge in [-0.05, 0) is 32.0 Å². The van der Waals surface area contributed by atoms with Gasteiger partial charge in [0.1, 0.15) is 4.90 Å². The minimum Gasteiger partial charge on any atom is -0.480 e. The largest absolute Gasteiger partial charge is 0.480 e. The molecule has 0 aliphatic carbocycles. The number of carboxylic acids is 1. The molecule has 1 aromatic carbocycles. The van der Waals surface area contributed by atoms with Gasteiger partial charge >= 0.3 is 5.97 Å². The highest BCUT2D eigenvalue weighted by atomic mass is 32.2. The predicted molar refractivity (Wildman–Crippen MR) is 88.2 cm³/mol. The molecular formula is C16H18N2O7S. The Hall–Kier alpha value is -2.46. The summed E-state index contributed by atoms with van der Waals surface area (Å²) in [5.41, 5.74) is 0.0193. The molecule has 0 bridgehead atoms. The number of benzene rings is 1. The van der Waals surface area contributed by atoms with Crippen molar-refractivity contribution in [3.05, 3.63) is 29.3 Å². The molecule has 0 saturated carbocycles. The maximum atomic E-state index is 12.7. The van der Waals surface area contributed by atoms with Crippen LogP contribution in [-0.4, -0.2) is 72.4 Å². The topological polar surface area (TPSA) is 121 Å². The zero-order chi connectivity index (χ0) is 19.2. The molecule has 1 unspecified atom stereocenters. The van der Waals surface area contributed by atoms with Gasteiger partial charge < -0.3 is 14.7 Å². The van der Waals surface area contributed by atoms with Crippen molar-refractivity contribution in [2.24, 2.45) is 0 Å². The molecule has 10 heteroatoms. The quantitative estimate of drug-likeness (QED) is 0.790. The maximum Gasteiger partial charge on any atom is 0.328 e. The van der Waals surface area contributed by atoms with Gasteiger partial charge in [-0.3, -0.25) is 9.59 Å². The molecule has 2 aliphatic rings. The van der Waals surface area contributed by atoms with E-state index in [1.807, 2.05) is 0 Å². The Morgan fingerprint density at radius 2 is 2.00 bits per heavy atom. The van der Waals surface area contributed by atoms with E-state index in [1.165, 1.54) is 12.1 Å². The zero-order valence-corrected chi connectivity index (χ0v) is 15.0. The van der Waals surface area contributed by atoms with Crippen LogP contribution in [0.25, 0.3) is 0 Å². The van der Waals surface area contributed by atoms with Gasteiger partial charge in [-0.1, -0.05) is 0 Å². The van der Waals surface area contributed by atoms with E-state index in [9.17, 15) is 27.9 Å². The Labute approximate surface area is 150 Å². The Morgan fingerprint density at radius 3 is 2.62 bits per heavy atom. The molecule has 2 heterocycles. The summed E-state index contributed by atoms with van der Waals surface area (Å²) < 4.78 is 31.1. The molecule has 9 nitrogen and oxygen atoms in total. The summed E-state index contributed by atoms with van der Waals surface area (Å²) in [7, 11) is -4.04. The second kappa shape index (κ2) is 6.36. The lowest BCUT2D eigenvalue weighted by Crippen LogP contribution is -2.52. The fourth-order valence-electron chi connectivity index (χ4n) is 3.11. The Morgan fingerprint density at radius 1 is 1.31 bits per heavy atom. The number of carboxylic acid groups (broad SMARTS) is 1. The third-order valence-corrected chi connectivity index (χ3v) is 6.34. The normalized spacial score (nSPS) is 21.8. The van der Waals surface area contributed by atoms with Crippen molar-refractivity contribution in [2.45, 2.75) is 30.8 Å². The molecule has 1 atom stereocenters. The van der Waals surface area contributed by atoms with Crippen LogP contribution in [0.5, 0.6) is 0 Å². The Balaban J connectivity index is 2.00. The monoisotopic (exact) mass is 382 g/mol. The fraction of sp³-hybridized carbons (Fsp3) is 0.438. The number of aliphatic carboxylic acids is 1. The average Bonchev–Trinajstić information content (AvgIpc) is 2.79. The molecule has 2 amide bonds. The molecule has 1 saturated heterocycles. The lowest BCUT2D eigenvalue weighted by molar-refractivity contribution is -0.147. The summed E-state index contributed by atoms with van der Waals surface area (Å²) >= 11 is 0. The molecule has 1 N–H and O–H groups in total. The molecule has 1 fully saturated rings. The summed E-state index contributed by atoms with van der Waals surface area (Å²) in [6.45, 7) is 3.30. The van der Waals surface area contributed by atoms with Gasteiger partial charge in [0, 0.05) is 18.2 Å². The van der Waals surface area contributed by atoms with Crippen LogP contribution in [0, 0.1) is 0 Å². The first kappa shape index (κ1) is 18.3. The van der Waals surface area contributed by atoms with Gasteiger partial charge in [-0.25, -0.2) is 17.5 Å². The lowest BCUT2D eigenvalue weighted by atomic mass is 10.1. The Bertz CT molecular complexity index is 894. The molecule has 0 aromatic heterocycles. The molecule has 0 radical (unpaired) electrons. The van der Waals surface area contributed by atoms with Gasteiger partial charge in [0.25, 0.3) is 21.8 Å². The number of rotatable bonds is 3. The van der Waals surface area contributed by atoms with E-state index >= 15 is 0 Å². The van der Waals surface area contributed by atoms with E-state index in [2.05, 4.69) is 0 Å². The number of sulfonamides is 1. The number of ether oxygens (including phenoxy) is 1. The van der Waals surface area contributed by atoms with E-state index in [4.69, 9.17) is 4.74 Å². The highest BCUT2D eigenvalue weighted by Crippen LogP contribution is 2.33. The summed E-state index contributed by atoms with van der Waals surface area (Å²) in [5, 5.41) is 9.25. The smallest absolute Gasteiger partial charge is 0.328 e. The summed E-state index contributed by atoms with van der Waals surface area (Å²) in [4.78, 5) is 37.3. The standard InChI is InChI=1S/C16H18N2O7S/c1-9(2)18-15(20)11-4-3-10(7-13(11)26(18,23)24)14(19)17-5-6-25-8-12(17)16(21)22/h3-4,7,9,12H,5-6,8H2,1-2H3,(H,21,22). The van der Waals surface area contributed by atoms with Crippen LogP contribution >= 0.6 is 0 Å². The van der Waals surface area contributed by atoms with E-state index < -0.39 is 39.9 Å². The predicted octanol–water partition coefficient (Wildman–Crippen LogP) is 0.165. The molecule has 26 heavy (non-hydrogen) atoms. The highest BCUT2D eigenvalue weighted by Gasteiger charge is 2.43. The maximum absolute atomic E-state index is 12.7. The van der Waals surface area contributed by atoms with Crippen LogP contribution in [0.2, 0.25) is 0 Å². The zero-order valence-electron chi connectivity index (χ0n) is 14.2. The van der Waals surface area contributed by atoms with Crippen LogP contribution in [0.15, 0.2) is 23.1 Å². The number of hydrogen-bond acceptors (Lipinski definition) is 6. The third kappa shape index (κ3) is 2.74. The number of nitrogens with zero attached hydrogens (tertiary/aromatic N) is 2. The first-order valence-electron chi connectivity index (χ1n) is 8.00. The van der Waals surface area contributed by atoms with Crippen LogP contribution in [-0.2, 0) is 19.6 Å². The van der Waals surface area contributed by atoms with Crippen LogP contribution in [0.3, 0.4) is 0 Å². The number of hydrogen-bond donors (Lipinski definition) is 1. The number of amides is 2. The van der Waals surface area contributed by atoms with E-state index in [-0.39, 0.29) is 35.8 Å². The van der Waals surface area contributed by atoms with Crippen LogP contribution in [0.4, 0.5) is 0 Å². The number of carbonyl (C=O) groups excluding carboxylic acids is 2. The second-order valence-corrected chi connectivity index (χ2v) is 8.12. The van der Waals surface area contributed by atoms with Crippen LogP contribution < -0.4 is 0 Å². The Kier molecular flexibility index (Phi) is 4.49. The number of fused-ring (bicyclic) bond motifs is 1. The molecule has 3 rings (SSSR count). The van der Waals surface area contributed by atoms with E-state index in [1.54, 1.807) is 13.8 Å². The number of morpholine rings is 1. The van der Waals surface area contributed by atoms with Crippen molar-refractivity contribution >= 4 is 27.8 Å². The lowest BCUT2D eigenvalue weighted by Gasteiger charge is -2.32. The highest BCUT2D eigenvalue weighted by molar-refractivity contribution is 7.90. The molecule has 2 aliphatic heterocycles. The molecule has 1 aromatic rings. The van der Waals surface area contributed by atoms with Crippen molar-refractivity contribution in [2.75, 3.05) is 19.8 Å². The van der Waals surface area contributed by atoms with Gasteiger partial charge in [0.15, 0.2) is 6.04 Å². The van der Waals surface area contributed by atoms with Crippen molar-refractivity contribution in [3.8, 4) is 0 Å². The molecule has 0 spiro atoms. The van der Waals surface area contributed by atoms with Crippen molar-refractivity contribution < 1.29 is 32.6 Å². The van der Waals surface area contributed by atoms with Crippen molar-refractivity contribution in [1.82, 2.24) is 9.21 Å². The van der Waals surface area contributed by atoms with Gasteiger partial charge in [-0.2, -0.15) is 0 Å². The summed E-state index contributed by atoms with van der Waals surface area (Å²) in [6.07, 6.45) is 0. The minimum absolute atomic E-state index is 0.00649. The number of carbonyl (C=O) groups is 3. The van der Waals surface area contributed by atoms with Crippen molar-refractivity contribution in [1.29, 1.82) is 0 Å². The summed E-state index contributed by atoms with van der Waals surface area (Å²) in [5.74, 6) is -2.45. The molecule has 140 valence electrons. The van der Waals surface area contributed by atoms with Gasteiger partial charge in [-0.15, -0.1) is 0 Å². The van der Waals surface area contributed by atoms with Crippen LogP contribution in [0.1, 0.15) is 34.6 Å². The SMILES string of the molecule is CC(C)N1C(=O)c2ccc(C(=O)N3CCOCC3C(=O)O)cc2S1(=O)=O. The van der Waals surface area contributed by atoms with Crippen molar-refractivity contribution in [3.63, 3.8) is 0 Å². The summed E-state index contributed by atoms with van der Waals surface area (Å²) in [6, 6.07) is 2.07. The first-order chi connectivity index (χ1) is 12.2. The second-order valence-electron chi connectivity index (χ2n) is 6.34. The van der Waals surface area contributed by atoms with E-state index in [0.717, 1.165) is 15.3 Å². The fourth-order valence-corrected chi connectivity index (χ4v) is 4.90. The van der Waals surface area contributed by atoms with Gasteiger partial charge in [0.05, 0.1) is 18.8 Å². The average molecular weight is 382 g/mol. The molecular weight excluding hydrogens is 364 g/mol. The minimum atomic E-state index is -4.04. The first-order valence-corrected chi connectivity index (χ1v) is 9.44.